The summed E-state index contributed by atoms with van der Waals surface area (Å²) in [5.41, 5.74) is 6.67. The van der Waals surface area contributed by atoms with Crippen LogP contribution in [0.1, 0.15) is 38.1 Å². The van der Waals surface area contributed by atoms with Crippen LogP contribution >= 0.6 is 0 Å². The molecule has 1 aromatic rings. The van der Waals surface area contributed by atoms with E-state index in [0.717, 1.165) is 30.4 Å². The molecular formula is C16H27N5O. The molecule has 6 nitrogen and oxygen atoms in total. The first-order chi connectivity index (χ1) is 10.6. The Bertz CT molecular complexity index is 483. The van der Waals surface area contributed by atoms with Gasteiger partial charge in [-0.3, -0.25) is 0 Å². The summed E-state index contributed by atoms with van der Waals surface area (Å²) in [5.74, 6) is 0.743. The van der Waals surface area contributed by atoms with E-state index in [4.69, 9.17) is 10.5 Å². The summed E-state index contributed by atoms with van der Waals surface area (Å²) in [6.07, 6.45) is 1.31. The predicted octanol–water partition coefficient (Wildman–Crippen LogP) is 1.96. The maximum Gasteiger partial charge on any atom is 0.225 e. The molecule has 0 spiro atoms. The Morgan fingerprint density at radius 1 is 1.27 bits per heavy atom. The number of hydrogen-bond acceptors (Lipinski definition) is 6. The molecule has 2 N–H and O–H groups in total. The summed E-state index contributed by atoms with van der Waals surface area (Å²) in [5, 5.41) is 9.35. The standard InChI is InChI=1S/C14H21N5O.C2H6/c1-11-9-12(2)18-13(17-11)19-6-3-14(10-16,4-7-19)20-8-5-15;1-2/h9H,3-8,15H2,1-2H3;1-2H3. The Balaban J connectivity index is 0.00000116. The number of nitriles is 1. The molecule has 2 rings (SSSR count). The number of piperidine rings is 1. The van der Waals surface area contributed by atoms with Gasteiger partial charge in [0, 0.05) is 43.9 Å². The molecule has 122 valence electrons. The Labute approximate surface area is 133 Å². The molecule has 0 amide bonds. The molecular weight excluding hydrogens is 278 g/mol. The van der Waals surface area contributed by atoms with Crippen molar-refractivity contribution in [3.8, 4) is 6.07 Å². The fraction of sp³-hybridized carbons (Fsp3) is 0.688. The van der Waals surface area contributed by atoms with Crippen LogP contribution in [0.15, 0.2) is 6.07 Å². The first kappa shape index (κ1) is 18.3. The van der Waals surface area contributed by atoms with E-state index in [1.54, 1.807) is 0 Å². The van der Waals surface area contributed by atoms with Gasteiger partial charge in [-0.15, -0.1) is 0 Å². The van der Waals surface area contributed by atoms with Crippen LogP contribution in [0.4, 0.5) is 5.95 Å². The molecule has 22 heavy (non-hydrogen) atoms. The number of ether oxygens (including phenoxy) is 1. The molecule has 0 atom stereocenters. The summed E-state index contributed by atoms with van der Waals surface area (Å²) < 4.78 is 5.65. The summed E-state index contributed by atoms with van der Waals surface area (Å²) in [6.45, 7) is 10.2. The number of nitrogens with two attached hydrogens (primary N) is 1. The lowest BCUT2D eigenvalue weighted by molar-refractivity contribution is -0.0148. The Morgan fingerprint density at radius 3 is 2.27 bits per heavy atom. The largest absolute Gasteiger partial charge is 0.359 e. The van der Waals surface area contributed by atoms with Crippen LogP contribution in [0, 0.1) is 25.2 Å². The van der Waals surface area contributed by atoms with E-state index < -0.39 is 5.60 Å². The highest BCUT2D eigenvalue weighted by molar-refractivity contribution is 5.34. The van der Waals surface area contributed by atoms with Crippen LogP contribution in [0.25, 0.3) is 0 Å². The second-order valence-electron chi connectivity index (χ2n) is 5.18. The lowest BCUT2D eigenvalue weighted by atomic mass is 9.93. The van der Waals surface area contributed by atoms with Gasteiger partial charge >= 0.3 is 0 Å². The maximum atomic E-state index is 9.35. The predicted molar refractivity (Wildman–Crippen MR) is 87.7 cm³/mol. The number of nitrogens with zero attached hydrogens (tertiary/aromatic N) is 4. The van der Waals surface area contributed by atoms with Crippen molar-refractivity contribution in [3.05, 3.63) is 17.5 Å². The summed E-state index contributed by atoms with van der Waals surface area (Å²) >= 11 is 0. The molecule has 0 saturated carbocycles. The smallest absolute Gasteiger partial charge is 0.225 e. The van der Waals surface area contributed by atoms with E-state index in [-0.39, 0.29) is 0 Å². The van der Waals surface area contributed by atoms with Crippen LogP contribution in [0.5, 0.6) is 0 Å². The zero-order valence-electron chi connectivity index (χ0n) is 14.1. The fourth-order valence-electron chi connectivity index (χ4n) is 2.46. The molecule has 2 heterocycles. The van der Waals surface area contributed by atoms with Gasteiger partial charge in [0.1, 0.15) is 0 Å². The Hall–Kier alpha value is -1.71. The average Bonchev–Trinajstić information content (AvgIpc) is 2.54. The Kier molecular flexibility index (Phi) is 7.22. The minimum atomic E-state index is -0.700. The molecule has 1 fully saturated rings. The summed E-state index contributed by atoms with van der Waals surface area (Å²) in [6, 6.07) is 4.26. The number of aryl methyl sites for hydroxylation is 2. The van der Waals surface area contributed by atoms with Crippen LogP contribution in [0.3, 0.4) is 0 Å². The summed E-state index contributed by atoms with van der Waals surface area (Å²) in [7, 11) is 0. The van der Waals surface area contributed by atoms with Crippen LogP contribution in [-0.4, -0.2) is 41.8 Å². The van der Waals surface area contributed by atoms with Gasteiger partial charge in [-0.05, 0) is 19.9 Å². The highest BCUT2D eigenvalue weighted by Gasteiger charge is 2.36. The van der Waals surface area contributed by atoms with Gasteiger partial charge in [0.2, 0.25) is 5.95 Å². The van der Waals surface area contributed by atoms with E-state index in [1.165, 1.54) is 0 Å². The van der Waals surface area contributed by atoms with Crippen molar-refractivity contribution >= 4 is 5.95 Å². The van der Waals surface area contributed by atoms with Crippen molar-refractivity contribution < 1.29 is 4.74 Å². The molecule has 1 saturated heterocycles. The highest BCUT2D eigenvalue weighted by Crippen LogP contribution is 2.27. The maximum absolute atomic E-state index is 9.35. The molecule has 1 aliphatic rings. The van der Waals surface area contributed by atoms with Crippen LogP contribution in [0.2, 0.25) is 0 Å². The van der Waals surface area contributed by atoms with Gasteiger partial charge in [0.15, 0.2) is 5.60 Å². The van der Waals surface area contributed by atoms with E-state index in [2.05, 4.69) is 20.9 Å². The lowest BCUT2D eigenvalue weighted by Crippen LogP contribution is -2.46. The quantitative estimate of drug-likeness (QED) is 0.914. The molecule has 0 aromatic carbocycles. The lowest BCUT2D eigenvalue weighted by Gasteiger charge is -2.37. The molecule has 1 aliphatic heterocycles. The molecule has 6 heteroatoms. The zero-order valence-corrected chi connectivity index (χ0v) is 14.1. The molecule has 1 aromatic heterocycles. The van der Waals surface area contributed by atoms with Crippen molar-refractivity contribution in [2.24, 2.45) is 5.73 Å². The minimum Gasteiger partial charge on any atom is -0.359 e. The topological polar surface area (TPSA) is 88.1 Å². The Morgan fingerprint density at radius 2 is 1.82 bits per heavy atom. The van der Waals surface area contributed by atoms with Crippen molar-refractivity contribution in [1.29, 1.82) is 5.26 Å². The number of hydrogen-bond donors (Lipinski definition) is 1. The first-order valence-electron chi connectivity index (χ1n) is 7.91. The second kappa shape index (κ2) is 8.66. The van der Waals surface area contributed by atoms with E-state index >= 15 is 0 Å². The highest BCUT2D eigenvalue weighted by atomic mass is 16.5. The third-order valence-corrected chi connectivity index (χ3v) is 3.52. The van der Waals surface area contributed by atoms with Gasteiger partial charge in [-0.25, -0.2) is 9.97 Å². The first-order valence-corrected chi connectivity index (χ1v) is 7.91. The molecule has 0 aliphatic carbocycles. The van der Waals surface area contributed by atoms with Crippen molar-refractivity contribution in [3.63, 3.8) is 0 Å². The normalized spacial score (nSPS) is 16.5. The SMILES string of the molecule is CC.Cc1cc(C)nc(N2CCC(C#N)(OCCN)CC2)n1. The number of aromatic nitrogens is 2. The van der Waals surface area contributed by atoms with Crippen LogP contribution in [-0.2, 0) is 4.74 Å². The third kappa shape index (κ3) is 4.65. The van der Waals surface area contributed by atoms with Gasteiger partial charge < -0.3 is 15.4 Å². The van der Waals surface area contributed by atoms with E-state index in [1.807, 2.05) is 33.8 Å². The van der Waals surface area contributed by atoms with E-state index in [0.29, 0.717) is 26.0 Å². The monoisotopic (exact) mass is 305 g/mol. The van der Waals surface area contributed by atoms with Gasteiger partial charge in [-0.2, -0.15) is 5.26 Å². The zero-order chi connectivity index (χ0) is 16.6. The average molecular weight is 305 g/mol. The van der Waals surface area contributed by atoms with Gasteiger partial charge in [-0.1, -0.05) is 13.8 Å². The van der Waals surface area contributed by atoms with E-state index in [9.17, 15) is 5.26 Å². The van der Waals surface area contributed by atoms with Gasteiger partial charge in [0.25, 0.3) is 0 Å². The number of anilines is 1. The fourth-order valence-corrected chi connectivity index (χ4v) is 2.46. The number of rotatable bonds is 4. The third-order valence-electron chi connectivity index (χ3n) is 3.52. The van der Waals surface area contributed by atoms with Gasteiger partial charge in [0.05, 0.1) is 12.7 Å². The molecule has 0 radical (unpaired) electrons. The summed E-state index contributed by atoms with van der Waals surface area (Å²) in [4.78, 5) is 11.0. The minimum absolute atomic E-state index is 0.424. The van der Waals surface area contributed by atoms with Crippen LogP contribution < -0.4 is 10.6 Å². The van der Waals surface area contributed by atoms with Crippen molar-refractivity contribution in [2.75, 3.05) is 31.1 Å². The van der Waals surface area contributed by atoms with Crippen molar-refractivity contribution in [2.45, 2.75) is 46.1 Å². The van der Waals surface area contributed by atoms with Crippen molar-refractivity contribution in [1.82, 2.24) is 9.97 Å². The molecule has 0 bridgehead atoms. The molecule has 0 unspecified atom stereocenters. The second-order valence-corrected chi connectivity index (χ2v) is 5.18.